The Kier molecular flexibility index (Phi) is 3.45. The van der Waals surface area contributed by atoms with E-state index in [1.165, 1.54) is 5.56 Å². The number of aryl methyl sites for hydroxylation is 1. The van der Waals surface area contributed by atoms with Crippen molar-refractivity contribution >= 4 is 11.6 Å². The van der Waals surface area contributed by atoms with Crippen LogP contribution in [-0.2, 0) is 12.0 Å². The van der Waals surface area contributed by atoms with Crippen LogP contribution in [0.2, 0.25) is 5.02 Å². The molecular formula is C17H18ClNO. The largest absolute Gasteiger partial charge is 0.497 e. The molecule has 2 N–H and O–H groups in total. The zero-order valence-corrected chi connectivity index (χ0v) is 12.3. The maximum absolute atomic E-state index is 6.77. The van der Waals surface area contributed by atoms with Gasteiger partial charge in [-0.25, -0.2) is 0 Å². The van der Waals surface area contributed by atoms with Gasteiger partial charge in [0.25, 0.3) is 0 Å². The Labute approximate surface area is 124 Å². The average molecular weight is 288 g/mol. The van der Waals surface area contributed by atoms with E-state index in [-0.39, 0.29) is 0 Å². The molecule has 1 unspecified atom stereocenters. The summed E-state index contributed by atoms with van der Waals surface area (Å²) >= 11 is 6.13. The third kappa shape index (κ3) is 2.19. The lowest BCUT2D eigenvalue weighted by molar-refractivity contribution is 0.404. The maximum atomic E-state index is 6.77. The van der Waals surface area contributed by atoms with Crippen molar-refractivity contribution in [1.82, 2.24) is 0 Å². The number of rotatable bonds is 2. The zero-order valence-electron chi connectivity index (χ0n) is 11.5. The molecule has 0 saturated carbocycles. The van der Waals surface area contributed by atoms with Crippen LogP contribution in [0, 0.1) is 0 Å². The molecule has 0 spiro atoms. The van der Waals surface area contributed by atoms with E-state index in [1.54, 1.807) is 7.11 Å². The molecular weight excluding hydrogens is 270 g/mol. The lowest BCUT2D eigenvalue weighted by Crippen LogP contribution is -2.41. The number of nitrogens with two attached hydrogens (primary N) is 1. The van der Waals surface area contributed by atoms with Gasteiger partial charge in [-0.2, -0.15) is 0 Å². The zero-order chi connectivity index (χ0) is 14.2. The summed E-state index contributed by atoms with van der Waals surface area (Å²) in [6, 6.07) is 14.1. The van der Waals surface area contributed by atoms with Crippen LogP contribution in [0.1, 0.15) is 29.5 Å². The Morgan fingerprint density at radius 3 is 2.80 bits per heavy atom. The number of hydrogen-bond donors (Lipinski definition) is 1. The summed E-state index contributed by atoms with van der Waals surface area (Å²) in [6.45, 7) is 0. The summed E-state index contributed by atoms with van der Waals surface area (Å²) in [5.41, 5.74) is 9.82. The van der Waals surface area contributed by atoms with Gasteiger partial charge in [0.15, 0.2) is 0 Å². The summed E-state index contributed by atoms with van der Waals surface area (Å²) < 4.78 is 5.35. The molecule has 104 valence electrons. The van der Waals surface area contributed by atoms with Gasteiger partial charge in [0.1, 0.15) is 5.75 Å². The van der Waals surface area contributed by atoms with Crippen molar-refractivity contribution in [3.8, 4) is 5.75 Å². The van der Waals surface area contributed by atoms with Crippen molar-refractivity contribution < 1.29 is 4.74 Å². The van der Waals surface area contributed by atoms with E-state index in [4.69, 9.17) is 22.1 Å². The van der Waals surface area contributed by atoms with Crippen molar-refractivity contribution in [2.24, 2.45) is 5.73 Å². The topological polar surface area (TPSA) is 35.2 Å². The van der Waals surface area contributed by atoms with Crippen LogP contribution < -0.4 is 10.5 Å². The van der Waals surface area contributed by atoms with Crippen LogP contribution in [0.4, 0.5) is 0 Å². The number of ether oxygens (including phenoxy) is 1. The standard InChI is InChI=1S/C17H18ClNO/c1-20-15-8-7-12-4-3-9-17(19,16(12)11-15)13-5-2-6-14(18)10-13/h2,5-8,10-11H,3-4,9,19H2,1H3. The monoisotopic (exact) mass is 287 g/mol. The van der Waals surface area contributed by atoms with E-state index in [1.807, 2.05) is 24.3 Å². The fourth-order valence-electron chi connectivity index (χ4n) is 3.07. The van der Waals surface area contributed by atoms with Gasteiger partial charge >= 0.3 is 0 Å². The van der Waals surface area contributed by atoms with Gasteiger partial charge in [-0.3, -0.25) is 0 Å². The first-order valence-corrected chi connectivity index (χ1v) is 7.23. The number of methoxy groups -OCH3 is 1. The molecule has 3 rings (SSSR count). The predicted molar refractivity (Wildman–Crippen MR) is 82.4 cm³/mol. The highest BCUT2D eigenvalue weighted by Gasteiger charge is 2.34. The number of hydrogen-bond acceptors (Lipinski definition) is 2. The Morgan fingerprint density at radius 1 is 1.20 bits per heavy atom. The number of halogens is 1. The SMILES string of the molecule is COc1ccc2c(c1)C(N)(c1cccc(Cl)c1)CCC2. The van der Waals surface area contributed by atoms with E-state index in [0.29, 0.717) is 0 Å². The molecule has 0 fully saturated rings. The molecule has 0 aliphatic heterocycles. The molecule has 0 saturated heterocycles. The van der Waals surface area contributed by atoms with Crippen molar-refractivity contribution in [3.05, 3.63) is 64.2 Å². The molecule has 2 aromatic rings. The Balaban J connectivity index is 2.16. The fourth-order valence-corrected chi connectivity index (χ4v) is 3.26. The van der Waals surface area contributed by atoms with Crippen molar-refractivity contribution in [1.29, 1.82) is 0 Å². The summed E-state index contributed by atoms with van der Waals surface area (Å²) in [5, 5.41) is 0.724. The van der Waals surface area contributed by atoms with Crippen LogP contribution in [0.3, 0.4) is 0 Å². The van der Waals surface area contributed by atoms with Gasteiger partial charge < -0.3 is 10.5 Å². The molecule has 1 aliphatic rings. The van der Waals surface area contributed by atoms with Gasteiger partial charge in [-0.1, -0.05) is 29.8 Å². The smallest absolute Gasteiger partial charge is 0.119 e. The van der Waals surface area contributed by atoms with Gasteiger partial charge in [-0.05, 0) is 60.2 Å². The summed E-state index contributed by atoms with van der Waals surface area (Å²) in [5.74, 6) is 0.850. The third-order valence-electron chi connectivity index (χ3n) is 4.15. The van der Waals surface area contributed by atoms with E-state index in [2.05, 4.69) is 18.2 Å². The third-order valence-corrected chi connectivity index (χ3v) is 4.39. The van der Waals surface area contributed by atoms with E-state index < -0.39 is 5.54 Å². The summed E-state index contributed by atoms with van der Waals surface area (Å²) in [6.07, 6.45) is 3.08. The van der Waals surface area contributed by atoms with Crippen LogP contribution >= 0.6 is 11.6 Å². The second-order valence-corrected chi connectivity index (χ2v) is 5.79. The molecule has 0 radical (unpaired) electrons. The first-order valence-electron chi connectivity index (χ1n) is 6.86. The quantitative estimate of drug-likeness (QED) is 0.909. The normalized spacial score (nSPS) is 21.4. The number of benzene rings is 2. The summed E-state index contributed by atoms with van der Waals surface area (Å²) in [4.78, 5) is 0. The molecule has 0 aromatic heterocycles. The van der Waals surface area contributed by atoms with Crippen molar-refractivity contribution in [2.75, 3.05) is 7.11 Å². The second-order valence-electron chi connectivity index (χ2n) is 5.36. The minimum absolute atomic E-state index is 0.479. The fraction of sp³-hybridized carbons (Fsp3) is 0.294. The molecule has 20 heavy (non-hydrogen) atoms. The summed E-state index contributed by atoms with van der Waals surface area (Å²) in [7, 11) is 1.68. The minimum atomic E-state index is -0.479. The van der Waals surface area contributed by atoms with Crippen LogP contribution in [0.5, 0.6) is 5.75 Å². The highest BCUT2D eigenvalue weighted by Crippen LogP contribution is 2.40. The Hall–Kier alpha value is -1.51. The highest BCUT2D eigenvalue weighted by molar-refractivity contribution is 6.30. The van der Waals surface area contributed by atoms with Crippen LogP contribution in [0.25, 0.3) is 0 Å². The van der Waals surface area contributed by atoms with Gasteiger partial charge in [0, 0.05) is 5.02 Å². The molecule has 1 atom stereocenters. The van der Waals surface area contributed by atoms with E-state index >= 15 is 0 Å². The first kappa shape index (κ1) is 13.5. The molecule has 2 nitrogen and oxygen atoms in total. The van der Waals surface area contributed by atoms with Crippen molar-refractivity contribution in [2.45, 2.75) is 24.8 Å². The highest BCUT2D eigenvalue weighted by atomic mass is 35.5. The molecule has 2 aromatic carbocycles. The van der Waals surface area contributed by atoms with Gasteiger partial charge in [0.05, 0.1) is 12.6 Å². The lowest BCUT2D eigenvalue weighted by atomic mass is 9.73. The average Bonchev–Trinajstić information content (AvgIpc) is 2.47. The van der Waals surface area contributed by atoms with Gasteiger partial charge in [0.2, 0.25) is 0 Å². The first-order chi connectivity index (χ1) is 9.63. The second kappa shape index (κ2) is 5.12. The van der Waals surface area contributed by atoms with Crippen molar-refractivity contribution in [3.63, 3.8) is 0 Å². The van der Waals surface area contributed by atoms with Crippen LogP contribution in [-0.4, -0.2) is 7.11 Å². The van der Waals surface area contributed by atoms with E-state index in [9.17, 15) is 0 Å². The number of fused-ring (bicyclic) bond motifs is 1. The van der Waals surface area contributed by atoms with Gasteiger partial charge in [-0.15, -0.1) is 0 Å². The van der Waals surface area contributed by atoms with Crippen LogP contribution in [0.15, 0.2) is 42.5 Å². The predicted octanol–water partition coefficient (Wildman–Crippen LogP) is 3.89. The maximum Gasteiger partial charge on any atom is 0.119 e. The molecule has 0 bridgehead atoms. The Bertz CT molecular complexity index is 641. The molecule has 3 heteroatoms. The molecule has 1 aliphatic carbocycles. The minimum Gasteiger partial charge on any atom is -0.497 e. The molecule has 0 amide bonds. The molecule has 0 heterocycles. The Morgan fingerprint density at radius 2 is 2.05 bits per heavy atom. The van der Waals surface area contributed by atoms with E-state index in [0.717, 1.165) is 41.2 Å². The lowest BCUT2D eigenvalue weighted by Gasteiger charge is -2.36.